The molecule has 1 rings (SSSR count). The van der Waals surface area contributed by atoms with Crippen molar-refractivity contribution in [3.05, 3.63) is 43.3 Å². The van der Waals surface area contributed by atoms with Crippen LogP contribution in [0.2, 0.25) is 0 Å². The van der Waals surface area contributed by atoms with Crippen LogP contribution in [0.5, 0.6) is 0 Å². The Bertz CT molecular complexity index is 254. The van der Waals surface area contributed by atoms with E-state index in [1.54, 1.807) is 24.3 Å². The van der Waals surface area contributed by atoms with Gasteiger partial charge in [0.15, 0.2) is 0 Å². The maximum Gasteiger partial charge on any atom is 0.379 e. The van der Waals surface area contributed by atoms with E-state index in [9.17, 15) is 18.0 Å². The standard InChI is InChI=1S/C7H5ClO.CHF3.CH3.Y/c8-7(9)6-4-2-1-3-5-6;2-1(3)4;;/h1-5H;1H;1H3;/q;;-1;. The summed E-state index contributed by atoms with van der Waals surface area (Å²) in [5.41, 5.74) is 0.541. The molecular formula is C9H9ClF3OY-. The largest absolute Gasteiger partial charge is 0.379 e. The summed E-state index contributed by atoms with van der Waals surface area (Å²) in [5.74, 6) is 0. The normalized spacial score (nSPS) is 7.80. The third kappa shape index (κ3) is 14.1. The van der Waals surface area contributed by atoms with E-state index < -0.39 is 11.9 Å². The fourth-order valence-electron chi connectivity index (χ4n) is 0.569. The van der Waals surface area contributed by atoms with Crippen LogP contribution in [0.25, 0.3) is 0 Å². The zero-order valence-electron chi connectivity index (χ0n) is 7.96. The van der Waals surface area contributed by atoms with Crippen LogP contribution >= 0.6 is 11.6 Å². The van der Waals surface area contributed by atoms with Crippen LogP contribution < -0.4 is 0 Å². The van der Waals surface area contributed by atoms with Crippen LogP contribution in [0.3, 0.4) is 0 Å². The van der Waals surface area contributed by atoms with Crippen molar-refractivity contribution in [2.45, 2.75) is 6.68 Å². The summed E-state index contributed by atoms with van der Waals surface area (Å²) in [7, 11) is 0. The Kier molecular flexibility index (Phi) is 16.6. The summed E-state index contributed by atoms with van der Waals surface area (Å²) in [5, 5.41) is -0.407. The second kappa shape index (κ2) is 12.1. The molecule has 15 heavy (non-hydrogen) atoms. The molecule has 0 saturated carbocycles. The monoisotopic (exact) mass is 314 g/mol. The summed E-state index contributed by atoms with van der Waals surface area (Å²) in [6.45, 7) is -3.67. The zero-order valence-corrected chi connectivity index (χ0v) is 11.6. The molecule has 0 aliphatic heterocycles. The Morgan fingerprint density at radius 3 is 1.67 bits per heavy atom. The average molecular weight is 315 g/mol. The van der Waals surface area contributed by atoms with Crippen molar-refractivity contribution in [2.24, 2.45) is 0 Å². The van der Waals surface area contributed by atoms with Crippen LogP contribution in [-0.4, -0.2) is 11.9 Å². The van der Waals surface area contributed by atoms with Crippen LogP contribution in [0.15, 0.2) is 30.3 Å². The number of hydrogen-bond acceptors (Lipinski definition) is 1. The molecule has 0 aliphatic carbocycles. The predicted octanol–water partition coefficient (Wildman–Crippen LogP) is 3.69. The van der Waals surface area contributed by atoms with Crippen molar-refractivity contribution in [3.8, 4) is 0 Å². The van der Waals surface area contributed by atoms with E-state index in [-0.39, 0.29) is 40.1 Å². The quantitative estimate of drug-likeness (QED) is 0.571. The number of rotatable bonds is 1. The third-order valence-electron chi connectivity index (χ3n) is 1.00. The number of carbonyl (C=O) groups excluding carboxylic acids is 1. The van der Waals surface area contributed by atoms with Crippen molar-refractivity contribution >= 4 is 16.8 Å². The molecule has 6 heteroatoms. The van der Waals surface area contributed by atoms with E-state index >= 15 is 0 Å². The molecule has 0 heterocycles. The molecule has 0 aliphatic rings. The van der Waals surface area contributed by atoms with Gasteiger partial charge in [0.05, 0.1) is 0 Å². The van der Waals surface area contributed by atoms with Crippen LogP contribution in [0.1, 0.15) is 10.4 Å². The van der Waals surface area contributed by atoms with Gasteiger partial charge in [-0.15, -0.1) is 0 Å². The van der Waals surface area contributed by atoms with Gasteiger partial charge in [0.1, 0.15) is 0 Å². The minimum Gasteiger partial charge on any atom is -0.358 e. The molecule has 1 aromatic rings. The number of alkyl halides is 3. The molecule has 0 spiro atoms. The second-order valence-electron chi connectivity index (χ2n) is 1.89. The Morgan fingerprint density at radius 2 is 1.47 bits per heavy atom. The molecule has 0 bridgehead atoms. The van der Waals surface area contributed by atoms with E-state index in [0.29, 0.717) is 5.56 Å². The van der Waals surface area contributed by atoms with Gasteiger partial charge >= 0.3 is 6.68 Å². The molecule has 0 atom stereocenters. The fraction of sp³-hybridized carbons (Fsp3) is 0.111. The van der Waals surface area contributed by atoms with Gasteiger partial charge in [0.2, 0.25) is 0 Å². The fourth-order valence-corrected chi connectivity index (χ4v) is 0.695. The first-order valence-electron chi connectivity index (χ1n) is 3.21. The first-order chi connectivity index (χ1) is 6.04. The van der Waals surface area contributed by atoms with Crippen molar-refractivity contribution in [2.75, 3.05) is 0 Å². The van der Waals surface area contributed by atoms with E-state index in [0.717, 1.165) is 0 Å². The molecule has 1 radical (unpaired) electrons. The molecular weight excluding hydrogens is 305 g/mol. The van der Waals surface area contributed by atoms with E-state index in [2.05, 4.69) is 0 Å². The first kappa shape index (κ1) is 20.5. The van der Waals surface area contributed by atoms with Crippen LogP contribution in [0, 0.1) is 7.43 Å². The van der Waals surface area contributed by atoms with Crippen molar-refractivity contribution in [3.63, 3.8) is 0 Å². The average Bonchev–Trinajstić information content (AvgIpc) is 2.05. The van der Waals surface area contributed by atoms with Gasteiger partial charge in [-0.05, 0) is 11.6 Å². The Morgan fingerprint density at radius 1 is 1.13 bits per heavy atom. The number of carbonyl (C=O) groups is 1. The smallest absolute Gasteiger partial charge is 0.358 e. The molecule has 83 valence electrons. The Labute approximate surface area is 117 Å². The molecule has 0 unspecified atom stereocenters. The van der Waals surface area contributed by atoms with Crippen molar-refractivity contribution < 1.29 is 50.7 Å². The van der Waals surface area contributed by atoms with Gasteiger partial charge in [-0.2, -0.15) is 13.2 Å². The van der Waals surface area contributed by atoms with Gasteiger partial charge in [0, 0.05) is 38.3 Å². The number of benzene rings is 1. The van der Waals surface area contributed by atoms with Crippen LogP contribution in [-0.2, 0) is 32.7 Å². The minimum atomic E-state index is -3.67. The van der Waals surface area contributed by atoms with E-state index in [1.165, 1.54) is 0 Å². The maximum atomic E-state index is 10.4. The summed E-state index contributed by atoms with van der Waals surface area (Å²) >= 11 is 5.16. The van der Waals surface area contributed by atoms with E-state index in [1.807, 2.05) is 6.07 Å². The van der Waals surface area contributed by atoms with Gasteiger partial charge in [-0.25, -0.2) is 0 Å². The molecule has 1 nitrogen and oxygen atoms in total. The van der Waals surface area contributed by atoms with Crippen molar-refractivity contribution in [1.29, 1.82) is 0 Å². The zero-order chi connectivity index (χ0) is 10.3. The number of hydrogen-bond donors (Lipinski definition) is 0. The Hall–Kier alpha value is 0.0739. The van der Waals surface area contributed by atoms with Gasteiger partial charge < -0.3 is 7.43 Å². The molecule has 0 fully saturated rings. The van der Waals surface area contributed by atoms with Gasteiger partial charge in [-0.3, -0.25) is 4.79 Å². The SMILES string of the molecule is FC(F)F.O=C(Cl)c1ccccc1.[CH3-].[Y]. The third-order valence-corrected chi connectivity index (χ3v) is 1.22. The van der Waals surface area contributed by atoms with Gasteiger partial charge in [-0.1, -0.05) is 30.3 Å². The summed E-state index contributed by atoms with van der Waals surface area (Å²) in [6.07, 6.45) is 0. The molecule has 0 saturated heterocycles. The van der Waals surface area contributed by atoms with Crippen LogP contribution in [0.4, 0.5) is 13.2 Å². The molecule has 0 amide bonds. The summed E-state index contributed by atoms with van der Waals surface area (Å²) in [6, 6.07) is 8.74. The minimum absolute atomic E-state index is 0. The second-order valence-corrected chi connectivity index (χ2v) is 2.23. The predicted molar refractivity (Wildman–Crippen MR) is 50.2 cm³/mol. The van der Waals surface area contributed by atoms with E-state index in [4.69, 9.17) is 11.6 Å². The molecule has 0 aromatic heterocycles. The topological polar surface area (TPSA) is 17.1 Å². The first-order valence-corrected chi connectivity index (χ1v) is 3.59. The van der Waals surface area contributed by atoms with Crippen molar-refractivity contribution in [1.82, 2.24) is 0 Å². The molecule has 0 N–H and O–H groups in total. The summed E-state index contributed by atoms with van der Waals surface area (Å²) < 4.78 is 29.0. The molecule has 1 aromatic carbocycles. The number of halogens is 4. The Balaban J connectivity index is -0.000000213. The maximum absolute atomic E-state index is 10.4. The summed E-state index contributed by atoms with van der Waals surface area (Å²) in [4.78, 5) is 10.4. The van der Waals surface area contributed by atoms with Gasteiger partial charge in [0.25, 0.3) is 5.24 Å².